The van der Waals surface area contributed by atoms with Crippen molar-refractivity contribution in [2.45, 2.75) is 51.2 Å². The molecule has 2 fully saturated rings. The number of carbonyl (C=O) groups is 1. The molecule has 2 aliphatic carbocycles. The van der Waals surface area contributed by atoms with Crippen molar-refractivity contribution < 1.29 is 14.6 Å². The smallest absolute Gasteiger partial charge is 0.227 e. The highest BCUT2D eigenvalue weighted by Crippen LogP contribution is 2.38. The maximum absolute atomic E-state index is 11.9. The molecule has 1 aromatic carbocycles. The molecular formula is C17H23NO3. The Bertz CT molecular complexity index is 499. The van der Waals surface area contributed by atoms with Crippen LogP contribution in [0.3, 0.4) is 0 Å². The summed E-state index contributed by atoms with van der Waals surface area (Å²) in [5.74, 6) is 1.55. The topological polar surface area (TPSA) is 58.6 Å². The first-order valence-corrected chi connectivity index (χ1v) is 7.89. The molecule has 4 nitrogen and oxygen atoms in total. The van der Waals surface area contributed by atoms with E-state index in [1.807, 2.05) is 24.3 Å². The van der Waals surface area contributed by atoms with Crippen LogP contribution >= 0.6 is 0 Å². The van der Waals surface area contributed by atoms with Gasteiger partial charge in [0.25, 0.3) is 0 Å². The summed E-state index contributed by atoms with van der Waals surface area (Å²) in [6.07, 6.45) is 4.42. The Kier molecular flexibility index (Phi) is 4.15. The van der Waals surface area contributed by atoms with Crippen LogP contribution < -0.4 is 10.1 Å². The minimum atomic E-state index is -0.366. The van der Waals surface area contributed by atoms with Gasteiger partial charge in [0.1, 0.15) is 11.9 Å². The van der Waals surface area contributed by atoms with Gasteiger partial charge < -0.3 is 15.2 Å². The minimum Gasteiger partial charge on any atom is -0.488 e. The van der Waals surface area contributed by atoms with Crippen molar-refractivity contribution in [2.24, 2.45) is 11.8 Å². The molecule has 2 saturated carbocycles. The number of rotatable bonds is 4. The Morgan fingerprint density at radius 3 is 2.52 bits per heavy atom. The number of nitrogens with one attached hydrogen (secondary N) is 1. The first-order chi connectivity index (χ1) is 10.1. The summed E-state index contributed by atoms with van der Waals surface area (Å²) < 4.78 is 5.84. The van der Waals surface area contributed by atoms with Crippen LogP contribution in [0.4, 0.5) is 5.69 Å². The Balaban J connectivity index is 1.55. The van der Waals surface area contributed by atoms with E-state index in [-0.39, 0.29) is 24.0 Å². The molecule has 1 amide bonds. The third kappa shape index (κ3) is 3.56. The molecule has 2 N–H and O–H groups in total. The number of hydrogen-bond donors (Lipinski definition) is 2. The molecule has 0 saturated heterocycles. The third-order valence-corrected chi connectivity index (χ3v) is 4.52. The second-order valence-corrected chi connectivity index (χ2v) is 6.34. The molecular weight excluding hydrogens is 266 g/mol. The van der Waals surface area contributed by atoms with E-state index in [1.165, 1.54) is 0 Å². The number of aliphatic hydroxyl groups is 1. The average Bonchev–Trinajstić information content (AvgIpc) is 3.21. The van der Waals surface area contributed by atoms with Crippen molar-refractivity contribution in [1.82, 2.24) is 0 Å². The van der Waals surface area contributed by atoms with Crippen molar-refractivity contribution in [1.29, 1.82) is 0 Å². The normalized spacial score (nSPS) is 31.5. The number of ether oxygens (including phenoxy) is 1. The van der Waals surface area contributed by atoms with Gasteiger partial charge in [0.15, 0.2) is 0 Å². The van der Waals surface area contributed by atoms with Gasteiger partial charge >= 0.3 is 0 Å². The van der Waals surface area contributed by atoms with E-state index in [0.29, 0.717) is 5.92 Å². The monoisotopic (exact) mass is 289 g/mol. The quantitative estimate of drug-likeness (QED) is 0.896. The summed E-state index contributed by atoms with van der Waals surface area (Å²) in [5, 5.41) is 12.8. The highest BCUT2D eigenvalue weighted by atomic mass is 16.5. The Morgan fingerprint density at radius 2 is 1.90 bits per heavy atom. The highest BCUT2D eigenvalue weighted by molar-refractivity contribution is 5.94. The van der Waals surface area contributed by atoms with Gasteiger partial charge in [-0.2, -0.15) is 0 Å². The van der Waals surface area contributed by atoms with E-state index in [9.17, 15) is 9.90 Å². The van der Waals surface area contributed by atoms with Crippen molar-refractivity contribution >= 4 is 11.6 Å². The fourth-order valence-electron chi connectivity index (χ4n) is 2.93. The molecule has 0 bridgehead atoms. The lowest BCUT2D eigenvalue weighted by Gasteiger charge is -2.28. The van der Waals surface area contributed by atoms with Crippen molar-refractivity contribution in [3.05, 3.63) is 24.3 Å². The number of amides is 1. The van der Waals surface area contributed by atoms with Crippen LogP contribution in [-0.4, -0.2) is 23.2 Å². The van der Waals surface area contributed by atoms with Crippen molar-refractivity contribution in [3.63, 3.8) is 0 Å². The number of hydrogen-bond acceptors (Lipinski definition) is 3. The van der Waals surface area contributed by atoms with Crippen LogP contribution in [0.2, 0.25) is 0 Å². The van der Waals surface area contributed by atoms with Gasteiger partial charge in [-0.1, -0.05) is 13.3 Å². The Morgan fingerprint density at radius 1 is 1.24 bits per heavy atom. The van der Waals surface area contributed by atoms with Gasteiger partial charge in [-0.3, -0.25) is 4.79 Å². The Hall–Kier alpha value is -1.55. The predicted octanol–water partition coefficient (Wildman–Crippen LogP) is 2.96. The van der Waals surface area contributed by atoms with Gasteiger partial charge in [-0.05, 0) is 55.9 Å². The fraction of sp³-hybridized carbons (Fsp3) is 0.588. The maximum Gasteiger partial charge on any atom is 0.227 e. The second-order valence-electron chi connectivity index (χ2n) is 6.34. The van der Waals surface area contributed by atoms with E-state index < -0.39 is 0 Å². The zero-order chi connectivity index (χ0) is 14.8. The zero-order valence-electron chi connectivity index (χ0n) is 12.4. The summed E-state index contributed by atoms with van der Waals surface area (Å²) in [5.41, 5.74) is 0.802. The number of carbonyl (C=O) groups excluding carboxylic acids is 1. The van der Waals surface area contributed by atoms with Gasteiger partial charge in [0, 0.05) is 11.6 Å². The van der Waals surface area contributed by atoms with Crippen LogP contribution in [0.1, 0.15) is 39.0 Å². The average molecular weight is 289 g/mol. The zero-order valence-corrected chi connectivity index (χ0v) is 12.4. The molecule has 2 aliphatic rings. The van der Waals surface area contributed by atoms with Crippen LogP contribution in [0.15, 0.2) is 24.3 Å². The predicted molar refractivity (Wildman–Crippen MR) is 81.2 cm³/mol. The van der Waals surface area contributed by atoms with E-state index in [2.05, 4.69) is 12.2 Å². The van der Waals surface area contributed by atoms with E-state index in [0.717, 1.165) is 43.5 Å². The summed E-state index contributed by atoms with van der Waals surface area (Å²) in [7, 11) is 0. The van der Waals surface area contributed by atoms with Crippen LogP contribution in [0, 0.1) is 11.8 Å². The molecule has 0 radical (unpaired) electrons. The standard InChI is InChI=1S/C17H23NO3/c1-11-10-14(11)17(20)18-12-6-8-13(9-7-12)21-16-5-3-2-4-15(16)19/h6-9,11,14-16,19H,2-5,10H2,1H3,(H,18,20)/t11-,14+,15+,16-/m1/s1. The molecule has 4 heteroatoms. The van der Waals surface area contributed by atoms with Gasteiger partial charge in [-0.15, -0.1) is 0 Å². The van der Waals surface area contributed by atoms with Gasteiger partial charge in [0.2, 0.25) is 5.91 Å². The van der Waals surface area contributed by atoms with Gasteiger partial charge in [-0.25, -0.2) is 0 Å². The molecule has 0 spiro atoms. The lowest BCUT2D eigenvalue weighted by molar-refractivity contribution is -0.117. The largest absolute Gasteiger partial charge is 0.488 e. The summed E-state index contributed by atoms with van der Waals surface area (Å²) in [6.45, 7) is 2.09. The molecule has 3 rings (SSSR count). The second kappa shape index (κ2) is 6.06. The lowest BCUT2D eigenvalue weighted by Crippen LogP contribution is -2.34. The van der Waals surface area contributed by atoms with Gasteiger partial charge in [0.05, 0.1) is 6.10 Å². The maximum atomic E-state index is 11.9. The Labute approximate surface area is 125 Å². The molecule has 1 aromatic rings. The molecule has 21 heavy (non-hydrogen) atoms. The van der Waals surface area contributed by atoms with Crippen LogP contribution in [-0.2, 0) is 4.79 Å². The SMILES string of the molecule is C[C@@H]1C[C@@H]1C(=O)Nc1ccc(O[C@@H]2CCCC[C@@H]2O)cc1. The summed E-state index contributed by atoms with van der Waals surface area (Å²) in [4.78, 5) is 11.9. The fourth-order valence-corrected chi connectivity index (χ4v) is 2.93. The minimum absolute atomic E-state index is 0.105. The summed E-state index contributed by atoms with van der Waals surface area (Å²) >= 11 is 0. The third-order valence-electron chi connectivity index (χ3n) is 4.52. The van der Waals surface area contributed by atoms with Crippen LogP contribution in [0.5, 0.6) is 5.75 Å². The molecule has 0 unspecified atom stereocenters. The lowest BCUT2D eigenvalue weighted by atomic mass is 9.95. The highest BCUT2D eigenvalue weighted by Gasteiger charge is 2.39. The van der Waals surface area contributed by atoms with Crippen molar-refractivity contribution in [2.75, 3.05) is 5.32 Å². The van der Waals surface area contributed by atoms with E-state index in [1.54, 1.807) is 0 Å². The number of anilines is 1. The summed E-state index contributed by atoms with van der Waals surface area (Å²) in [6, 6.07) is 7.42. The number of benzene rings is 1. The number of aliphatic hydroxyl groups excluding tert-OH is 1. The van der Waals surface area contributed by atoms with Crippen molar-refractivity contribution in [3.8, 4) is 5.75 Å². The van der Waals surface area contributed by atoms with Crippen LogP contribution in [0.25, 0.3) is 0 Å². The first kappa shape index (κ1) is 14.4. The van der Waals surface area contributed by atoms with E-state index >= 15 is 0 Å². The molecule has 4 atom stereocenters. The molecule has 0 heterocycles. The first-order valence-electron chi connectivity index (χ1n) is 7.89. The molecule has 0 aliphatic heterocycles. The van der Waals surface area contributed by atoms with E-state index in [4.69, 9.17) is 4.74 Å². The molecule has 114 valence electrons. The molecule has 0 aromatic heterocycles.